The Kier molecular flexibility index (Phi) is 18.6. The molecular formula is C62H76O4. The van der Waals surface area contributed by atoms with Crippen LogP contribution in [-0.4, -0.2) is 24.6 Å². The molecule has 0 radical (unpaired) electrons. The maximum Gasteiger partial charge on any atom is 0.337 e. The minimum atomic E-state index is -0.539. The topological polar surface area (TPSA) is 60.4 Å². The molecule has 2 atom stereocenters. The first kappa shape index (κ1) is 48.8. The van der Waals surface area contributed by atoms with E-state index in [0.717, 1.165) is 62.5 Å². The van der Waals surface area contributed by atoms with Crippen LogP contribution in [-0.2, 0) is 17.6 Å². The zero-order chi connectivity index (χ0) is 46.1. The van der Waals surface area contributed by atoms with Crippen molar-refractivity contribution in [3.8, 4) is 22.3 Å². The summed E-state index contributed by atoms with van der Waals surface area (Å²) in [5.74, 6) is -1.41. The number of ketones is 2. The van der Waals surface area contributed by atoms with Gasteiger partial charge in [-0.05, 0) is 99.5 Å². The van der Waals surface area contributed by atoms with E-state index in [1.165, 1.54) is 142 Å². The van der Waals surface area contributed by atoms with Gasteiger partial charge in [-0.15, -0.1) is 0 Å². The van der Waals surface area contributed by atoms with Gasteiger partial charge in [-0.2, -0.15) is 0 Å². The molecule has 66 heavy (non-hydrogen) atoms. The molecule has 0 amide bonds. The summed E-state index contributed by atoms with van der Waals surface area (Å²) in [5.41, 5.74) is 13.1. The van der Waals surface area contributed by atoms with Crippen LogP contribution in [0.25, 0.3) is 22.3 Å². The van der Waals surface area contributed by atoms with Gasteiger partial charge in [0.25, 0.3) is 0 Å². The predicted octanol–water partition coefficient (Wildman–Crippen LogP) is 17.2. The first-order chi connectivity index (χ1) is 32.4. The third-order valence-corrected chi connectivity index (χ3v) is 14.8. The van der Waals surface area contributed by atoms with Crippen molar-refractivity contribution in [3.05, 3.63) is 153 Å². The largest absolute Gasteiger partial charge is 0.465 e. The van der Waals surface area contributed by atoms with Crippen molar-refractivity contribution >= 4 is 17.5 Å². The van der Waals surface area contributed by atoms with Gasteiger partial charge >= 0.3 is 5.97 Å². The quantitative estimate of drug-likeness (QED) is 0.0267. The molecule has 0 saturated heterocycles. The maximum absolute atomic E-state index is 15.4. The smallest absolute Gasteiger partial charge is 0.337 e. The molecule has 4 nitrogen and oxygen atoms in total. The number of benzene rings is 5. The summed E-state index contributed by atoms with van der Waals surface area (Å²) in [7, 11) is 1.37. The zero-order valence-electron chi connectivity index (χ0n) is 40.6. The first-order valence-corrected chi connectivity index (χ1v) is 26.1. The third kappa shape index (κ3) is 12.3. The average molecular weight is 885 g/mol. The lowest BCUT2D eigenvalue weighted by Gasteiger charge is -2.22. The highest BCUT2D eigenvalue weighted by atomic mass is 16.5. The molecule has 348 valence electrons. The van der Waals surface area contributed by atoms with Crippen molar-refractivity contribution in [2.24, 2.45) is 0 Å². The molecule has 4 heteroatoms. The molecule has 2 aliphatic rings. The normalized spacial score (nSPS) is 13.1. The highest BCUT2D eigenvalue weighted by Gasteiger charge is 2.33. The molecule has 0 spiro atoms. The van der Waals surface area contributed by atoms with E-state index in [0.29, 0.717) is 24.0 Å². The standard InChI is InChI=1S/C62H76O4/c1-4-6-8-10-12-14-16-18-20-22-34-56(54-38-28-36-52-50-32-26-24-30-45(50)43-58(52)54)60(63)47-40-48(42-49(41-47)62(65)66-3)61(64)57(35-23-21-19-17-15-13-11-9-7-5-2)55-39-29-37-53-51-33-27-25-31-46(51)44-59(53)55/h24-33,36-42,56-57H,4-23,34-35,43-44H2,1-3H3. The lowest BCUT2D eigenvalue weighted by atomic mass is 9.80. The molecule has 0 saturated carbocycles. The van der Waals surface area contributed by atoms with E-state index in [2.05, 4.69) is 98.8 Å². The molecule has 0 heterocycles. The maximum atomic E-state index is 15.4. The second-order valence-electron chi connectivity index (χ2n) is 19.5. The summed E-state index contributed by atoms with van der Waals surface area (Å²) in [6, 6.07) is 35.2. The summed E-state index contributed by atoms with van der Waals surface area (Å²) < 4.78 is 5.30. The Morgan fingerprint density at radius 3 is 1.17 bits per heavy atom. The Bertz CT molecular complexity index is 2230. The summed E-state index contributed by atoms with van der Waals surface area (Å²) in [5, 5.41) is 0. The molecule has 2 aliphatic carbocycles. The van der Waals surface area contributed by atoms with Crippen LogP contribution in [0.1, 0.15) is 231 Å². The number of carbonyl (C=O) groups excluding carboxylic acids is 3. The Morgan fingerprint density at radius 1 is 0.424 bits per heavy atom. The number of esters is 1. The highest BCUT2D eigenvalue weighted by Crippen LogP contribution is 2.44. The monoisotopic (exact) mass is 885 g/mol. The third-order valence-electron chi connectivity index (χ3n) is 14.8. The van der Waals surface area contributed by atoms with Gasteiger partial charge in [0.2, 0.25) is 0 Å². The van der Waals surface area contributed by atoms with Crippen LogP contribution in [0.15, 0.2) is 103 Å². The molecule has 0 N–H and O–H groups in total. The van der Waals surface area contributed by atoms with Crippen LogP contribution in [0.4, 0.5) is 0 Å². The summed E-state index contributed by atoms with van der Waals surface area (Å²) in [6.07, 6.45) is 27.5. The van der Waals surface area contributed by atoms with Gasteiger partial charge in [-0.1, -0.05) is 227 Å². The van der Waals surface area contributed by atoms with Crippen LogP contribution in [0.5, 0.6) is 0 Å². The predicted molar refractivity (Wildman–Crippen MR) is 274 cm³/mol. The van der Waals surface area contributed by atoms with Crippen molar-refractivity contribution in [2.75, 3.05) is 7.11 Å². The molecule has 2 unspecified atom stereocenters. The fraction of sp³-hybridized carbons (Fsp3) is 0.468. The molecule has 0 aromatic heterocycles. The van der Waals surface area contributed by atoms with E-state index in [1.54, 1.807) is 12.1 Å². The summed E-state index contributed by atoms with van der Waals surface area (Å²) >= 11 is 0. The van der Waals surface area contributed by atoms with Crippen LogP contribution >= 0.6 is 0 Å². The minimum Gasteiger partial charge on any atom is -0.465 e. The van der Waals surface area contributed by atoms with Crippen LogP contribution in [0.2, 0.25) is 0 Å². The fourth-order valence-corrected chi connectivity index (χ4v) is 11.1. The average Bonchev–Trinajstić information content (AvgIpc) is 3.93. The summed E-state index contributed by atoms with van der Waals surface area (Å²) in [6.45, 7) is 4.53. The van der Waals surface area contributed by atoms with E-state index in [-0.39, 0.29) is 17.1 Å². The number of unbranched alkanes of at least 4 members (excludes halogenated alkanes) is 18. The van der Waals surface area contributed by atoms with Gasteiger partial charge in [0.1, 0.15) is 0 Å². The molecular weight excluding hydrogens is 809 g/mol. The number of Topliss-reactive ketones (excluding diaryl/α,β-unsaturated/α-hetero) is 2. The fourth-order valence-electron chi connectivity index (χ4n) is 11.1. The molecule has 5 aromatic carbocycles. The number of hydrogen-bond acceptors (Lipinski definition) is 4. The molecule has 0 fully saturated rings. The second-order valence-corrected chi connectivity index (χ2v) is 19.5. The van der Waals surface area contributed by atoms with E-state index in [1.807, 2.05) is 6.07 Å². The van der Waals surface area contributed by atoms with Crippen LogP contribution in [0, 0.1) is 0 Å². The summed E-state index contributed by atoms with van der Waals surface area (Å²) in [4.78, 5) is 44.2. The van der Waals surface area contributed by atoms with Gasteiger partial charge in [-0.3, -0.25) is 9.59 Å². The van der Waals surface area contributed by atoms with Crippen molar-refractivity contribution < 1.29 is 19.1 Å². The SMILES string of the molecule is CCCCCCCCCCCCC(C(=O)c1cc(C(=O)OC)cc(C(=O)C(CCCCCCCCCCCC)c2cccc3c2Cc2ccccc2-3)c1)c1cccc2c1Cc1ccccc1-2. The van der Waals surface area contributed by atoms with E-state index < -0.39 is 17.8 Å². The molecule has 0 aliphatic heterocycles. The Labute approximate surface area is 397 Å². The lowest BCUT2D eigenvalue weighted by Crippen LogP contribution is -2.19. The minimum absolute atomic E-state index is 0.0302. The number of hydrogen-bond donors (Lipinski definition) is 0. The number of ether oxygens (including phenoxy) is 1. The van der Waals surface area contributed by atoms with Crippen LogP contribution in [0.3, 0.4) is 0 Å². The molecule has 0 bridgehead atoms. The second kappa shape index (κ2) is 25.2. The van der Waals surface area contributed by atoms with Crippen molar-refractivity contribution in [2.45, 2.75) is 180 Å². The van der Waals surface area contributed by atoms with Gasteiger partial charge in [0, 0.05) is 23.0 Å². The van der Waals surface area contributed by atoms with Gasteiger partial charge < -0.3 is 4.74 Å². The molecule has 5 aromatic rings. The first-order valence-electron chi connectivity index (χ1n) is 26.1. The number of carbonyl (C=O) groups is 3. The van der Waals surface area contributed by atoms with Gasteiger partial charge in [0.15, 0.2) is 11.6 Å². The highest BCUT2D eigenvalue weighted by molar-refractivity contribution is 6.08. The van der Waals surface area contributed by atoms with Crippen molar-refractivity contribution in [1.82, 2.24) is 0 Å². The Balaban J connectivity index is 1.17. The van der Waals surface area contributed by atoms with Crippen LogP contribution < -0.4 is 0 Å². The van der Waals surface area contributed by atoms with E-state index in [4.69, 9.17) is 4.74 Å². The van der Waals surface area contributed by atoms with Gasteiger partial charge in [0.05, 0.1) is 12.7 Å². The number of rotatable bonds is 29. The van der Waals surface area contributed by atoms with E-state index in [9.17, 15) is 4.79 Å². The number of methoxy groups -OCH3 is 1. The number of fused-ring (bicyclic) bond motifs is 6. The molecule has 7 rings (SSSR count). The lowest BCUT2D eigenvalue weighted by molar-refractivity contribution is 0.0600. The van der Waals surface area contributed by atoms with Crippen molar-refractivity contribution in [1.29, 1.82) is 0 Å². The van der Waals surface area contributed by atoms with Crippen molar-refractivity contribution in [3.63, 3.8) is 0 Å². The van der Waals surface area contributed by atoms with Gasteiger partial charge in [-0.25, -0.2) is 4.79 Å². The van der Waals surface area contributed by atoms with E-state index >= 15 is 9.59 Å². The Morgan fingerprint density at radius 2 is 0.773 bits per heavy atom. The Hall–Kier alpha value is -5.09. The zero-order valence-corrected chi connectivity index (χ0v) is 40.6.